The second-order valence-corrected chi connectivity index (χ2v) is 5.95. The molecule has 0 bridgehead atoms. The zero-order valence-corrected chi connectivity index (χ0v) is 11.7. The molecular weight excluding hydrogens is 258 g/mol. The van der Waals surface area contributed by atoms with E-state index < -0.39 is 6.10 Å². The van der Waals surface area contributed by atoms with Gasteiger partial charge in [-0.15, -0.1) is 11.3 Å². The lowest BCUT2D eigenvalue weighted by molar-refractivity contribution is 0.163. The van der Waals surface area contributed by atoms with E-state index in [-0.39, 0.29) is 0 Å². The maximum atomic E-state index is 10.1. The van der Waals surface area contributed by atoms with Gasteiger partial charge in [0.05, 0.1) is 23.4 Å². The van der Waals surface area contributed by atoms with E-state index in [9.17, 15) is 5.11 Å². The third-order valence-corrected chi connectivity index (χ3v) is 4.23. The Morgan fingerprint density at radius 2 is 2.37 bits per heavy atom. The Morgan fingerprint density at radius 1 is 1.47 bits per heavy atom. The molecule has 0 fully saturated rings. The number of hydrogen-bond acceptors (Lipinski definition) is 4. The molecule has 3 rings (SSSR count). The highest BCUT2D eigenvalue weighted by Crippen LogP contribution is 2.27. The number of nitrogens with zero attached hydrogens (tertiary/aromatic N) is 1. The molecule has 1 unspecified atom stereocenters. The molecule has 1 N–H and O–H groups in total. The van der Waals surface area contributed by atoms with Crippen molar-refractivity contribution in [3.8, 4) is 5.75 Å². The summed E-state index contributed by atoms with van der Waals surface area (Å²) in [7, 11) is 0. The van der Waals surface area contributed by atoms with Gasteiger partial charge in [0.25, 0.3) is 0 Å². The third-order valence-electron chi connectivity index (χ3n) is 3.44. The summed E-state index contributed by atoms with van der Waals surface area (Å²) in [4.78, 5) is 4.33. The number of aryl methyl sites for hydroxylation is 2. The molecule has 1 aromatic heterocycles. The van der Waals surface area contributed by atoms with Crippen molar-refractivity contribution in [3.05, 3.63) is 45.4 Å². The third kappa shape index (κ3) is 2.80. The highest BCUT2D eigenvalue weighted by atomic mass is 32.1. The minimum absolute atomic E-state index is 0.463. The van der Waals surface area contributed by atoms with E-state index >= 15 is 0 Å². The second kappa shape index (κ2) is 5.31. The number of hydrogen-bond donors (Lipinski definition) is 1. The number of benzene rings is 1. The van der Waals surface area contributed by atoms with Gasteiger partial charge in [-0.05, 0) is 37.0 Å². The van der Waals surface area contributed by atoms with Crippen LogP contribution < -0.4 is 4.74 Å². The minimum Gasteiger partial charge on any atom is -0.493 e. The number of aliphatic hydroxyl groups is 1. The first-order valence-corrected chi connectivity index (χ1v) is 7.45. The summed E-state index contributed by atoms with van der Waals surface area (Å²) in [5.41, 5.74) is 3.35. The Balaban J connectivity index is 1.63. The zero-order valence-electron chi connectivity index (χ0n) is 10.9. The fraction of sp³-hybridized carbons (Fsp3) is 0.400. The Morgan fingerprint density at radius 3 is 3.16 bits per heavy atom. The molecule has 1 atom stereocenters. The number of fused-ring (bicyclic) bond motifs is 1. The monoisotopic (exact) mass is 275 g/mol. The number of thiazole rings is 1. The SMILES string of the molecule is Cc1nc(C(O)CCc2ccc3c(c2)CCO3)cs1. The van der Waals surface area contributed by atoms with E-state index in [1.54, 1.807) is 11.3 Å². The molecule has 0 spiro atoms. The van der Waals surface area contributed by atoms with Crippen LogP contribution in [0.2, 0.25) is 0 Å². The maximum Gasteiger partial charge on any atom is 0.122 e. The fourth-order valence-corrected chi connectivity index (χ4v) is 3.04. The summed E-state index contributed by atoms with van der Waals surface area (Å²) < 4.78 is 5.49. The zero-order chi connectivity index (χ0) is 13.2. The van der Waals surface area contributed by atoms with Gasteiger partial charge in [0.15, 0.2) is 0 Å². The van der Waals surface area contributed by atoms with E-state index in [0.717, 1.165) is 35.9 Å². The van der Waals surface area contributed by atoms with Crippen molar-refractivity contribution in [1.29, 1.82) is 0 Å². The minimum atomic E-state index is -0.463. The van der Waals surface area contributed by atoms with Crippen molar-refractivity contribution in [3.63, 3.8) is 0 Å². The first-order chi connectivity index (χ1) is 9.22. The summed E-state index contributed by atoms with van der Waals surface area (Å²) in [5.74, 6) is 1.01. The lowest BCUT2D eigenvalue weighted by atomic mass is 10.0. The van der Waals surface area contributed by atoms with Crippen molar-refractivity contribution < 1.29 is 9.84 Å². The molecule has 0 amide bonds. The fourth-order valence-electron chi connectivity index (χ4n) is 2.38. The van der Waals surface area contributed by atoms with Gasteiger partial charge >= 0.3 is 0 Å². The molecule has 100 valence electrons. The predicted octanol–water partition coefficient (Wildman–Crippen LogP) is 3.05. The maximum absolute atomic E-state index is 10.1. The van der Waals surface area contributed by atoms with Crippen LogP contribution in [0.5, 0.6) is 5.75 Å². The highest BCUT2D eigenvalue weighted by molar-refractivity contribution is 7.09. The van der Waals surface area contributed by atoms with Crippen molar-refractivity contribution in [2.75, 3.05) is 6.61 Å². The normalized spacial score (nSPS) is 15.1. The molecule has 19 heavy (non-hydrogen) atoms. The van der Waals surface area contributed by atoms with Crippen LogP contribution in [0, 0.1) is 6.92 Å². The number of aromatic nitrogens is 1. The molecule has 2 heterocycles. The summed E-state index contributed by atoms with van der Waals surface area (Å²) in [6.07, 6.45) is 2.11. The largest absolute Gasteiger partial charge is 0.493 e. The van der Waals surface area contributed by atoms with Crippen LogP contribution >= 0.6 is 11.3 Å². The average molecular weight is 275 g/mol. The Kier molecular flexibility index (Phi) is 3.53. The second-order valence-electron chi connectivity index (χ2n) is 4.89. The first-order valence-electron chi connectivity index (χ1n) is 6.57. The van der Waals surface area contributed by atoms with Gasteiger partial charge < -0.3 is 9.84 Å². The van der Waals surface area contributed by atoms with Crippen molar-refractivity contribution in [2.45, 2.75) is 32.3 Å². The number of ether oxygens (including phenoxy) is 1. The van der Waals surface area contributed by atoms with Crippen LogP contribution in [0.1, 0.15) is 34.4 Å². The van der Waals surface area contributed by atoms with E-state index in [1.807, 2.05) is 18.4 Å². The molecule has 0 saturated carbocycles. The standard InChI is InChI=1S/C15H17NO2S/c1-10-16-13(9-19-10)14(17)4-2-11-3-5-15-12(8-11)6-7-18-15/h3,5,8-9,14,17H,2,4,6-7H2,1H3. The summed E-state index contributed by atoms with van der Waals surface area (Å²) in [5, 5.41) is 13.1. The molecule has 0 aliphatic carbocycles. The Bertz CT molecular complexity index is 579. The summed E-state index contributed by atoms with van der Waals surface area (Å²) in [6.45, 7) is 2.75. The number of rotatable bonds is 4. The van der Waals surface area contributed by atoms with E-state index in [4.69, 9.17) is 4.74 Å². The van der Waals surface area contributed by atoms with Crippen molar-refractivity contribution in [2.24, 2.45) is 0 Å². The van der Waals surface area contributed by atoms with E-state index in [1.165, 1.54) is 11.1 Å². The van der Waals surface area contributed by atoms with Gasteiger partial charge in [-0.2, -0.15) is 0 Å². The van der Waals surface area contributed by atoms with Gasteiger partial charge in [0.2, 0.25) is 0 Å². The molecule has 1 aromatic carbocycles. The van der Waals surface area contributed by atoms with E-state index in [2.05, 4.69) is 17.1 Å². The Hall–Kier alpha value is -1.39. The predicted molar refractivity (Wildman–Crippen MR) is 75.8 cm³/mol. The van der Waals surface area contributed by atoms with Crippen LogP contribution in [0.3, 0.4) is 0 Å². The van der Waals surface area contributed by atoms with Gasteiger partial charge in [0, 0.05) is 11.8 Å². The lowest BCUT2D eigenvalue weighted by Gasteiger charge is -2.08. The molecule has 4 heteroatoms. The molecule has 0 radical (unpaired) electrons. The van der Waals surface area contributed by atoms with Crippen LogP contribution in [-0.4, -0.2) is 16.7 Å². The molecule has 0 saturated heterocycles. The average Bonchev–Trinajstić information content (AvgIpc) is 3.03. The smallest absolute Gasteiger partial charge is 0.122 e. The van der Waals surface area contributed by atoms with Crippen molar-refractivity contribution >= 4 is 11.3 Å². The highest BCUT2D eigenvalue weighted by Gasteiger charge is 2.14. The summed E-state index contributed by atoms with van der Waals surface area (Å²) >= 11 is 1.58. The van der Waals surface area contributed by atoms with Crippen molar-refractivity contribution in [1.82, 2.24) is 4.98 Å². The summed E-state index contributed by atoms with van der Waals surface area (Å²) in [6, 6.07) is 6.32. The lowest BCUT2D eigenvalue weighted by Crippen LogP contribution is -2.00. The van der Waals surface area contributed by atoms with Crippen LogP contribution in [0.4, 0.5) is 0 Å². The van der Waals surface area contributed by atoms with Gasteiger partial charge in [0.1, 0.15) is 5.75 Å². The van der Waals surface area contributed by atoms with Gasteiger partial charge in [-0.3, -0.25) is 0 Å². The molecular formula is C15H17NO2S. The quantitative estimate of drug-likeness (QED) is 0.932. The van der Waals surface area contributed by atoms with Crippen LogP contribution in [0.25, 0.3) is 0 Å². The first kappa shape index (κ1) is 12.6. The molecule has 2 aromatic rings. The number of aliphatic hydroxyl groups excluding tert-OH is 1. The van der Waals surface area contributed by atoms with Gasteiger partial charge in [-0.1, -0.05) is 12.1 Å². The van der Waals surface area contributed by atoms with E-state index in [0.29, 0.717) is 6.42 Å². The van der Waals surface area contributed by atoms with Gasteiger partial charge in [-0.25, -0.2) is 4.98 Å². The van der Waals surface area contributed by atoms with Crippen LogP contribution in [0.15, 0.2) is 23.6 Å². The Labute approximate surface area is 116 Å². The molecule has 1 aliphatic heterocycles. The molecule has 3 nitrogen and oxygen atoms in total. The molecule has 1 aliphatic rings. The topological polar surface area (TPSA) is 42.4 Å². The van der Waals surface area contributed by atoms with Crippen LogP contribution in [-0.2, 0) is 12.8 Å².